The van der Waals surface area contributed by atoms with E-state index in [4.69, 9.17) is 5.73 Å². The molecular formula is C12H12F2N2OS. The standard InChI is InChI=1S/C12H12F2N2OS/c13-12(14)17-10-4-2-1-3-9(10)16-7-11-8(15)5-6-18-11/h1-6,12,16H,7,15H2. The van der Waals surface area contributed by atoms with Crippen LogP contribution in [0.5, 0.6) is 5.75 Å². The summed E-state index contributed by atoms with van der Waals surface area (Å²) in [6.45, 7) is -2.35. The van der Waals surface area contributed by atoms with E-state index in [1.165, 1.54) is 17.4 Å². The van der Waals surface area contributed by atoms with E-state index in [0.29, 0.717) is 17.9 Å². The molecule has 2 rings (SSSR count). The van der Waals surface area contributed by atoms with Crippen LogP contribution in [-0.4, -0.2) is 6.61 Å². The van der Waals surface area contributed by atoms with E-state index >= 15 is 0 Å². The van der Waals surface area contributed by atoms with Crippen LogP contribution < -0.4 is 15.8 Å². The fraction of sp³-hybridized carbons (Fsp3) is 0.167. The predicted molar refractivity (Wildman–Crippen MR) is 69.1 cm³/mol. The highest BCUT2D eigenvalue weighted by atomic mass is 32.1. The number of halogens is 2. The van der Waals surface area contributed by atoms with Crippen molar-refractivity contribution in [2.75, 3.05) is 11.1 Å². The molecule has 1 aromatic heterocycles. The molecule has 0 saturated carbocycles. The quantitative estimate of drug-likeness (QED) is 0.873. The van der Waals surface area contributed by atoms with Gasteiger partial charge < -0.3 is 15.8 Å². The Hall–Kier alpha value is -1.82. The molecule has 2 aromatic rings. The first-order valence-electron chi connectivity index (χ1n) is 5.26. The van der Waals surface area contributed by atoms with Gasteiger partial charge in [-0.15, -0.1) is 11.3 Å². The van der Waals surface area contributed by atoms with Crippen molar-refractivity contribution in [3.63, 3.8) is 0 Å². The van der Waals surface area contributed by atoms with Crippen molar-refractivity contribution in [1.29, 1.82) is 0 Å². The Morgan fingerprint density at radius 2 is 2.06 bits per heavy atom. The van der Waals surface area contributed by atoms with Crippen LogP contribution in [0.4, 0.5) is 20.2 Å². The van der Waals surface area contributed by atoms with E-state index in [1.807, 2.05) is 11.4 Å². The summed E-state index contributed by atoms with van der Waals surface area (Å²) in [6.07, 6.45) is 0. The van der Waals surface area contributed by atoms with Gasteiger partial charge in [-0.05, 0) is 23.6 Å². The number of hydrogen-bond donors (Lipinski definition) is 2. The second-order valence-corrected chi connectivity index (χ2v) is 4.53. The minimum absolute atomic E-state index is 0.127. The van der Waals surface area contributed by atoms with Crippen LogP contribution in [0.3, 0.4) is 0 Å². The summed E-state index contributed by atoms with van der Waals surface area (Å²) in [5, 5.41) is 4.92. The lowest BCUT2D eigenvalue weighted by Gasteiger charge is -2.12. The van der Waals surface area contributed by atoms with Gasteiger partial charge in [0.05, 0.1) is 12.2 Å². The monoisotopic (exact) mass is 270 g/mol. The highest BCUT2D eigenvalue weighted by molar-refractivity contribution is 7.10. The van der Waals surface area contributed by atoms with Gasteiger partial charge in [-0.25, -0.2) is 0 Å². The molecule has 0 radical (unpaired) electrons. The van der Waals surface area contributed by atoms with Crippen molar-refractivity contribution in [2.24, 2.45) is 0 Å². The molecule has 3 N–H and O–H groups in total. The van der Waals surface area contributed by atoms with Crippen LogP contribution in [0.15, 0.2) is 35.7 Å². The van der Waals surface area contributed by atoms with Gasteiger partial charge in [-0.1, -0.05) is 12.1 Å². The number of nitrogens with one attached hydrogen (secondary N) is 1. The minimum atomic E-state index is -2.83. The lowest BCUT2D eigenvalue weighted by atomic mass is 10.3. The molecule has 0 unspecified atom stereocenters. The second-order valence-electron chi connectivity index (χ2n) is 3.53. The summed E-state index contributed by atoms with van der Waals surface area (Å²) in [4.78, 5) is 0.960. The van der Waals surface area contributed by atoms with E-state index in [9.17, 15) is 8.78 Å². The molecular weight excluding hydrogens is 258 g/mol. The molecule has 0 atom stereocenters. The normalized spacial score (nSPS) is 10.6. The molecule has 0 spiro atoms. The molecule has 0 aliphatic carbocycles. The average Bonchev–Trinajstić information content (AvgIpc) is 2.73. The van der Waals surface area contributed by atoms with Gasteiger partial charge in [-0.3, -0.25) is 0 Å². The molecule has 96 valence electrons. The van der Waals surface area contributed by atoms with Crippen molar-refractivity contribution in [3.8, 4) is 5.75 Å². The van der Waals surface area contributed by atoms with E-state index in [-0.39, 0.29) is 5.75 Å². The Kier molecular flexibility index (Phi) is 3.99. The Balaban J connectivity index is 2.07. The maximum absolute atomic E-state index is 12.2. The van der Waals surface area contributed by atoms with Gasteiger partial charge in [-0.2, -0.15) is 8.78 Å². The zero-order valence-electron chi connectivity index (χ0n) is 9.40. The highest BCUT2D eigenvalue weighted by Gasteiger charge is 2.09. The molecule has 0 fully saturated rings. The molecule has 3 nitrogen and oxygen atoms in total. The SMILES string of the molecule is Nc1ccsc1CNc1ccccc1OC(F)F. The zero-order chi connectivity index (χ0) is 13.0. The lowest BCUT2D eigenvalue weighted by molar-refractivity contribution is -0.0493. The maximum Gasteiger partial charge on any atom is 0.387 e. The number of thiophene rings is 1. The number of benzene rings is 1. The molecule has 1 heterocycles. The summed E-state index contributed by atoms with van der Waals surface area (Å²) in [6, 6.07) is 8.37. The van der Waals surface area contributed by atoms with Gasteiger partial charge in [0, 0.05) is 10.6 Å². The van der Waals surface area contributed by atoms with Crippen LogP contribution in [0.1, 0.15) is 4.88 Å². The number of para-hydroxylation sites is 2. The molecule has 0 amide bonds. The fourth-order valence-electron chi connectivity index (χ4n) is 1.48. The van der Waals surface area contributed by atoms with E-state index in [2.05, 4.69) is 10.1 Å². The number of alkyl halides is 2. The van der Waals surface area contributed by atoms with Crippen LogP contribution in [0.25, 0.3) is 0 Å². The van der Waals surface area contributed by atoms with Crippen molar-refractivity contribution in [2.45, 2.75) is 13.2 Å². The van der Waals surface area contributed by atoms with Gasteiger partial charge in [0.25, 0.3) is 0 Å². The first-order chi connectivity index (χ1) is 8.66. The zero-order valence-corrected chi connectivity index (χ0v) is 10.2. The van der Waals surface area contributed by atoms with Crippen LogP contribution in [0.2, 0.25) is 0 Å². The highest BCUT2D eigenvalue weighted by Crippen LogP contribution is 2.27. The van der Waals surface area contributed by atoms with E-state index in [0.717, 1.165) is 4.88 Å². The van der Waals surface area contributed by atoms with Gasteiger partial charge in [0.15, 0.2) is 0 Å². The second kappa shape index (κ2) is 5.68. The Labute approximate surface area is 107 Å². The largest absolute Gasteiger partial charge is 0.433 e. The summed E-state index contributed by atoms with van der Waals surface area (Å²) in [7, 11) is 0. The summed E-state index contributed by atoms with van der Waals surface area (Å²) in [5.41, 5.74) is 6.96. The van der Waals surface area contributed by atoms with Crippen LogP contribution in [-0.2, 0) is 6.54 Å². The third-order valence-electron chi connectivity index (χ3n) is 2.32. The molecule has 0 saturated heterocycles. The third kappa shape index (κ3) is 3.10. The molecule has 1 aromatic carbocycles. The van der Waals surface area contributed by atoms with Gasteiger partial charge in [0.2, 0.25) is 0 Å². The topological polar surface area (TPSA) is 47.3 Å². The van der Waals surface area contributed by atoms with Gasteiger partial charge in [0.1, 0.15) is 5.75 Å². The van der Waals surface area contributed by atoms with Crippen molar-refractivity contribution < 1.29 is 13.5 Å². The molecule has 6 heteroatoms. The number of nitrogen functional groups attached to an aromatic ring is 1. The van der Waals surface area contributed by atoms with Crippen LogP contribution in [0, 0.1) is 0 Å². The smallest absolute Gasteiger partial charge is 0.387 e. The Morgan fingerprint density at radius 3 is 2.72 bits per heavy atom. The van der Waals surface area contributed by atoms with Crippen LogP contribution >= 0.6 is 11.3 Å². The number of ether oxygens (including phenoxy) is 1. The number of nitrogens with two attached hydrogens (primary N) is 1. The van der Waals surface area contributed by atoms with E-state index in [1.54, 1.807) is 18.2 Å². The van der Waals surface area contributed by atoms with Crippen molar-refractivity contribution in [1.82, 2.24) is 0 Å². The first kappa shape index (κ1) is 12.6. The Bertz CT molecular complexity index is 516. The number of rotatable bonds is 5. The molecule has 0 aliphatic heterocycles. The third-order valence-corrected chi connectivity index (χ3v) is 3.26. The predicted octanol–water partition coefficient (Wildman–Crippen LogP) is 3.54. The summed E-state index contributed by atoms with van der Waals surface area (Å²) in [5.74, 6) is 0.127. The lowest BCUT2D eigenvalue weighted by Crippen LogP contribution is -2.06. The average molecular weight is 270 g/mol. The first-order valence-corrected chi connectivity index (χ1v) is 6.14. The Morgan fingerprint density at radius 1 is 1.28 bits per heavy atom. The van der Waals surface area contributed by atoms with Gasteiger partial charge >= 0.3 is 6.61 Å². The maximum atomic E-state index is 12.2. The fourth-order valence-corrected chi connectivity index (χ4v) is 2.22. The summed E-state index contributed by atoms with van der Waals surface area (Å²) < 4.78 is 28.8. The van der Waals surface area contributed by atoms with Crippen molar-refractivity contribution in [3.05, 3.63) is 40.6 Å². The number of hydrogen-bond acceptors (Lipinski definition) is 4. The molecule has 0 aliphatic rings. The number of anilines is 2. The molecule has 0 bridgehead atoms. The van der Waals surface area contributed by atoms with Crippen molar-refractivity contribution >= 4 is 22.7 Å². The minimum Gasteiger partial charge on any atom is -0.433 e. The molecule has 18 heavy (non-hydrogen) atoms. The van der Waals surface area contributed by atoms with E-state index < -0.39 is 6.61 Å². The summed E-state index contributed by atoms with van der Waals surface area (Å²) >= 11 is 1.51.